The van der Waals surface area contributed by atoms with Crippen LogP contribution in [-0.2, 0) is 23.2 Å². The predicted molar refractivity (Wildman–Crippen MR) is 408 cm³/mol. The molecule has 0 saturated carbocycles. The van der Waals surface area contributed by atoms with Gasteiger partial charge in [0.15, 0.2) is 5.78 Å². The number of carbonyl (C=O) groups excluding carboxylic acids is 4. The van der Waals surface area contributed by atoms with Crippen LogP contribution in [0.25, 0.3) is 103 Å². The van der Waals surface area contributed by atoms with E-state index in [0.29, 0.717) is 62.2 Å². The molecule has 0 unspecified atom stereocenters. The highest BCUT2D eigenvalue weighted by molar-refractivity contribution is 7.89. The number of primary sulfonamides is 1. The monoisotopic (exact) mass is 1440 g/mol. The van der Waals surface area contributed by atoms with Gasteiger partial charge < -0.3 is 50.1 Å². The summed E-state index contributed by atoms with van der Waals surface area (Å²) in [7, 11) is -2.01. The maximum absolute atomic E-state index is 12.0. The Morgan fingerprint density at radius 2 is 0.850 bits per heavy atom. The number of thiophene rings is 5. The lowest BCUT2D eigenvalue weighted by Crippen LogP contribution is -2.12. The van der Waals surface area contributed by atoms with Gasteiger partial charge in [-0.15, -0.1) is 56.7 Å². The van der Waals surface area contributed by atoms with E-state index < -0.39 is 21.8 Å². The second kappa shape index (κ2) is 29.4. The number of benzene rings is 5. The van der Waals surface area contributed by atoms with Crippen LogP contribution in [0.4, 0.5) is 29.1 Å². The van der Waals surface area contributed by atoms with E-state index in [9.17, 15) is 27.6 Å². The van der Waals surface area contributed by atoms with E-state index in [4.69, 9.17) is 44.6 Å². The first-order valence-corrected chi connectivity index (χ1v) is 36.0. The number of Topliss-reactive ketones (excluding diaryl/α,β-unsaturated/α-hetero) is 1. The van der Waals surface area contributed by atoms with E-state index >= 15 is 0 Å². The number of sulfonamides is 1. The summed E-state index contributed by atoms with van der Waals surface area (Å²) in [6, 6.07) is 57.2. The highest BCUT2D eigenvalue weighted by atomic mass is 32.2. The molecule has 1 aliphatic heterocycles. The molecule has 17 N–H and O–H groups in total. The first-order chi connectivity index (χ1) is 48.2. The van der Waals surface area contributed by atoms with E-state index in [0.717, 1.165) is 110 Å². The molecule has 3 amide bonds. The smallest absolute Gasteiger partial charge is 0.254 e. The van der Waals surface area contributed by atoms with E-state index in [-0.39, 0.29) is 23.2 Å². The third-order valence-corrected chi connectivity index (χ3v) is 22.9. The molecule has 0 fully saturated rings. The van der Waals surface area contributed by atoms with Gasteiger partial charge in [-0.25, -0.2) is 38.5 Å². The van der Waals surface area contributed by atoms with E-state index in [2.05, 4.69) is 47.7 Å². The van der Waals surface area contributed by atoms with Gasteiger partial charge in [-0.3, -0.25) is 19.2 Å². The summed E-state index contributed by atoms with van der Waals surface area (Å²) < 4.78 is 27.2. The fraction of sp³-hybridized carbons (Fsp3) is 0.0548. The highest BCUT2D eigenvalue weighted by Crippen LogP contribution is 2.43. The van der Waals surface area contributed by atoms with Gasteiger partial charge in [0.05, 0.1) is 70.8 Å². The number of nitrogens with two attached hydrogens (primary N) is 7. The molecule has 27 heteroatoms. The Balaban J connectivity index is 0.000000119. The minimum atomic E-state index is -3.82. The fourth-order valence-electron chi connectivity index (χ4n) is 10.8. The van der Waals surface area contributed by atoms with Gasteiger partial charge in [-0.2, -0.15) is 0 Å². The molecule has 10 aromatic heterocycles. The topological polar surface area (TPSA) is 393 Å². The van der Waals surface area contributed by atoms with Crippen LogP contribution in [0.1, 0.15) is 59.6 Å². The first kappa shape index (κ1) is 68.5. The van der Waals surface area contributed by atoms with Crippen molar-refractivity contribution in [1.29, 1.82) is 0 Å². The Morgan fingerprint density at radius 3 is 1.27 bits per heavy atom. The number of nitrogen functional groups attached to an aromatic ring is 4. The van der Waals surface area contributed by atoms with Crippen molar-refractivity contribution in [1.82, 2.24) is 30.2 Å². The van der Waals surface area contributed by atoms with Crippen molar-refractivity contribution < 1.29 is 32.7 Å². The molecular weight excluding hydrogens is 1380 g/mol. The van der Waals surface area contributed by atoms with Crippen molar-refractivity contribution in [3.05, 3.63) is 234 Å². The molecule has 0 saturated heterocycles. The van der Waals surface area contributed by atoms with Gasteiger partial charge in [-0.05, 0) is 70.6 Å². The number of fused-ring (bicyclic) bond motifs is 7. The Morgan fingerprint density at radius 1 is 0.490 bits per heavy atom. The van der Waals surface area contributed by atoms with Crippen molar-refractivity contribution in [3.63, 3.8) is 0 Å². The summed E-state index contributed by atoms with van der Waals surface area (Å²) in [4.78, 5) is 72.4. The standard InChI is InChI=1S/C15H13N3O2S.C15H11N3OS.C15H13N3OS.C15H12N2OS.C13H11N3O2S2/c16-14-10-5-12(9-3-1-8(7-19)2-4-9)21-13(10)11(6-18-14)15(17)20;16-14-9-6-11(8-4-2-1-3-5-8)20-13(9)12-10(18-14)7-17-15(12)19;1-17-15-10-7-12(9-5-3-2-4-6-9)20-13(10)11(8-18-15)14(16)19;1-9(18)12-8-17-15(16)11-7-13(19-14(11)12)10-5-3-2-4-6-10;14-13-9-6-10(8-4-2-1-3-5-8)19-12(9)11(7-16-13)20(15,17)18/h1-6,19H,7H2,(H2,16,18)(H2,17,20);1-6H,7H2,(H2,16,18)(H,17,19);2-8H,1H3,(H2,16,19)(H,17,18);2-8H,1H3,(H2,16,17);1-7H,(H2,14,16)(H2,15,17,18). The molecule has 0 spiro atoms. The Labute approximate surface area is 591 Å². The van der Waals surface area contributed by atoms with Crippen molar-refractivity contribution in [3.8, 4) is 52.2 Å². The molecule has 0 bridgehead atoms. The number of ketones is 1. The molecule has 11 heterocycles. The molecule has 100 heavy (non-hydrogen) atoms. The number of aliphatic hydroxyl groups is 1. The van der Waals surface area contributed by atoms with Crippen molar-refractivity contribution in [2.45, 2.75) is 25.0 Å². The van der Waals surface area contributed by atoms with Crippen molar-refractivity contribution in [2.75, 3.05) is 35.3 Å². The maximum atomic E-state index is 12.0. The van der Waals surface area contributed by atoms with Gasteiger partial charge in [0, 0.05) is 77.0 Å². The first-order valence-electron chi connectivity index (χ1n) is 30.4. The summed E-state index contributed by atoms with van der Waals surface area (Å²) in [5.74, 6) is 1.38. The molecule has 15 aromatic rings. The van der Waals surface area contributed by atoms with Crippen LogP contribution in [0.15, 0.2) is 206 Å². The second-order valence-electron chi connectivity index (χ2n) is 22.3. The van der Waals surface area contributed by atoms with Gasteiger partial charge >= 0.3 is 0 Å². The third kappa shape index (κ3) is 14.4. The number of nitrogens with one attached hydrogen (secondary N) is 2. The second-order valence-corrected chi connectivity index (χ2v) is 29.1. The number of carbonyl (C=O) groups is 4. The number of hydrogen-bond donors (Lipinski definition) is 10. The summed E-state index contributed by atoms with van der Waals surface area (Å²) in [6.45, 7) is 2.02. The lowest BCUT2D eigenvalue weighted by atomic mass is 10.1. The number of pyridine rings is 5. The average Bonchev–Trinajstić information content (AvgIpc) is 1.63. The number of amides is 3. The number of aromatic nitrogens is 5. The quantitative estimate of drug-likeness (QED) is 0.0538. The Kier molecular flexibility index (Phi) is 20.1. The van der Waals surface area contributed by atoms with Crippen molar-refractivity contribution in [2.24, 2.45) is 16.6 Å². The predicted octanol–water partition coefficient (Wildman–Crippen LogP) is 14.0. The van der Waals surface area contributed by atoms with Gasteiger partial charge in [0.25, 0.3) is 17.7 Å². The van der Waals surface area contributed by atoms with Crippen LogP contribution in [0, 0.1) is 0 Å². The molecule has 0 aliphatic carbocycles. The minimum absolute atomic E-state index is 0.00822. The van der Waals surface area contributed by atoms with Crippen LogP contribution in [0.2, 0.25) is 0 Å². The van der Waals surface area contributed by atoms with Crippen molar-refractivity contribution >= 4 is 170 Å². The summed E-state index contributed by atoms with van der Waals surface area (Å²) in [5, 5.41) is 24.1. The Bertz CT molecular complexity index is 5730. The number of anilines is 5. The SMILES string of the molecule is CC(=O)c1cnc(N)c2cc(-c3ccccc3)sc12.CNc1ncc(C(N)=O)c2sc(-c3ccccc3)cc12.NC(=O)c1cnc(N)c2cc(-c3ccc(CO)cc3)sc12.Nc1nc2c(c3sc(-c4ccccc4)cc13)C(=O)NC2.Nc1ncc(S(N)(=O)=O)c2sc(-c3ccccc3)cc12. The summed E-state index contributed by atoms with van der Waals surface area (Å²) >= 11 is 7.51. The van der Waals surface area contributed by atoms with Crippen LogP contribution in [0.3, 0.4) is 0 Å². The molecule has 5 aromatic carbocycles. The maximum Gasteiger partial charge on any atom is 0.254 e. The fourth-order valence-corrected chi connectivity index (χ4v) is 17.8. The Hall–Kier alpha value is -11.4. The number of nitrogens with zero attached hydrogens (tertiary/aromatic N) is 5. The highest BCUT2D eigenvalue weighted by Gasteiger charge is 2.27. The van der Waals surface area contributed by atoms with Crippen LogP contribution >= 0.6 is 56.7 Å². The van der Waals surface area contributed by atoms with Gasteiger partial charge in [0.2, 0.25) is 10.0 Å². The summed E-state index contributed by atoms with van der Waals surface area (Å²) in [6.07, 6.45) is 5.71. The zero-order chi connectivity index (χ0) is 70.5. The molecule has 21 nitrogen and oxygen atoms in total. The molecular formula is C73H60N14O7S6. The van der Waals surface area contributed by atoms with Gasteiger partial charge in [0.1, 0.15) is 34.0 Å². The van der Waals surface area contributed by atoms with Crippen LogP contribution < -0.4 is 50.2 Å². The molecule has 500 valence electrons. The van der Waals surface area contributed by atoms with Crippen LogP contribution in [-0.4, -0.2) is 69.0 Å². The van der Waals surface area contributed by atoms with Gasteiger partial charge in [-0.1, -0.05) is 146 Å². The zero-order valence-corrected chi connectivity index (χ0v) is 58.0. The number of rotatable bonds is 11. The van der Waals surface area contributed by atoms with E-state index in [1.54, 1.807) is 47.1 Å². The number of aliphatic hydroxyl groups excluding tert-OH is 1. The largest absolute Gasteiger partial charge is 0.392 e. The molecule has 16 rings (SSSR count). The molecule has 0 radical (unpaired) electrons. The van der Waals surface area contributed by atoms with E-state index in [1.807, 2.05) is 171 Å². The lowest BCUT2D eigenvalue weighted by molar-refractivity contribution is 0.0963. The molecule has 1 aliphatic rings. The van der Waals surface area contributed by atoms with Crippen LogP contribution in [0.5, 0.6) is 0 Å². The lowest BCUT2D eigenvalue weighted by Gasteiger charge is -2.03. The zero-order valence-electron chi connectivity index (χ0n) is 53.1. The minimum Gasteiger partial charge on any atom is -0.392 e. The average molecular weight is 1440 g/mol. The molecule has 0 atom stereocenters. The van der Waals surface area contributed by atoms with E-state index in [1.165, 1.54) is 41.3 Å². The number of hydrogen-bond acceptors (Lipinski definition) is 22. The summed E-state index contributed by atoms with van der Waals surface area (Å²) in [5.41, 5.74) is 43.5. The number of primary amides is 2. The normalized spacial score (nSPS) is 11.5. The third-order valence-electron chi connectivity index (χ3n) is 15.8.